The highest BCUT2D eigenvalue weighted by atomic mass is 16.6. The molecule has 0 radical (unpaired) electrons. The first-order chi connectivity index (χ1) is 31.1. The average Bonchev–Trinajstić information content (AvgIpc) is 3.31. The van der Waals surface area contributed by atoms with Crippen molar-refractivity contribution < 1.29 is 90.5 Å². The molecule has 65 heavy (non-hydrogen) atoms. The summed E-state index contributed by atoms with van der Waals surface area (Å²) < 4.78 is 53.8. The van der Waals surface area contributed by atoms with E-state index in [-0.39, 0.29) is 39.1 Å². The molecule has 0 aromatic heterocycles. The average molecular weight is 921 g/mol. The van der Waals surface area contributed by atoms with Crippen molar-refractivity contribution in [2.24, 2.45) is 10.8 Å². The zero-order valence-corrected chi connectivity index (χ0v) is 37.2. The fraction of sp³-hybridized carbons (Fsp3) is 0.543. The summed E-state index contributed by atoms with van der Waals surface area (Å²) in [4.78, 5) is 110. The molecule has 0 aliphatic carbocycles. The Morgan fingerprint density at radius 1 is 0.292 bits per heavy atom. The van der Waals surface area contributed by atoms with Crippen molar-refractivity contribution in [2.45, 2.75) is 77.0 Å². The Bertz CT molecular complexity index is 1540. The fourth-order valence-corrected chi connectivity index (χ4v) is 5.09. The van der Waals surface area contributed by atoms with Gasteiger partial charge in [-0.2, -0.15) is 0 Å². The minimum absolute atomic E-state index is 0.0503. The van der Waals surface area contributed by atoms with Crippen molar-refractivity contribution in [2.75, 3.05) is 72.7 Å². The van der Waals surface area contributed by atoms with E-state index in [4.69, 9.17) is 47.4 Å². The summed E-state index contributed by atoms with van der Waals surface area (Å²) in [5.74, 6) is -6.32. The van der Waals surface area contributed by atoms with Crippen LogP contribution in [0.2, 0.25) is 0 Å². The number of carbonyl (C=O) groups is 9. The summed E-state index contributed by atoms with van der Waals surface area (Å²) in [6.45, 7) is 16.4. The van der Waals surface area contributed by atoms with Crippen molar-refractivity contribution in [3.05, 3.63) is 75.9 Å². The molecule has 0 aliphatic heterocycles. The third-order valence-electron chi connectivity index (χ3n) is 8.81. The molecule has 362 valence electrons. The molecule has 0 bridgehead atoms. The van der Waals surface area contributed by atoms with E-state index in [1.165, 1.54) is 0 Å². The second-order valence-corrected chi connectivity index (χ2v) is 14.5. The van der Waals surface area contributed by atoms with E-state index in [9.17, 15) is 43.2 Å². The van der Waals surface area contributed by atoms with Gasteiger partial charge in [-0.3, -0.25) is 14.4 Å². The van der Waals surface area contributed by atoms with Crippen molar-refractivity contribution in [1.82, 2.24) is 0 Å². The van der Waals surface area contributed by atoms with Gasteiger partial charge in [0.15, 0.2) is 0 Å². The molecular weight excluding hydrogens is 856 g/mol. The molecule has 19 nitrogen and oxygen atoms in total. The Morgan fingerprint density at radius 3 is 0.769 bits per heavy atom. The maximum atomic E-state index is 13.0. The van der Waals surface area contributed by atoms with Crippen molar-refractivity contribution in [3.8, 4) is 0 Å². The van der Waals surface area contributed by atoms with Crippen molar-refractivity contribution in [3.63, 3.8) is 0 Å². The van der Waals surface area contributed by atoms with Crippen LogP contribution in [0.4, 0.5) is 0 Å². The molecular formula is C46H64O19. The topological polar surface area (TPSA) is 246 Å². The third kappa shape index (κ3) is 30.4. The molecule has 0 fully saturated rings. The SMILES string of the molecule is C=CC(=O)OCCCCCC(=O)OCC(COCC(COC(=O)C=C)(COC(=O)CCCCCOC(=O)C=C)COC(=O)CCCCCOC(=O)C=C)(COC(=O)C=C)COC(=O)C=C. The quantitative estimate of drug-likeness (QED) is 0.0351. The number of unbranched alkanes of at least 4 members (excludes halogenated alkanes) is 6. The molecule has 0 saturated heterocycles. The van der Waals surface area contributed by atoms with Gasteiger partial charge in [0.1, 0.15) is 39.6 Å². The minimum atomic E-state index is -1.58. The lowest BCUT2D eigenvalue weighted by Gasteiger charge is -2.35. The molecule has 0 aromatic carbocycles. The first-order valence-corrected chi connectivity index (χ1v) is 20.9. The summed E-state index contributed by atoms with van der Waals surface area (Å²) >= 11 is 0. The van der Waals surface area contributed by atoms with Crippen LogP contribution in [0.25, 0.3) is 0 Å². The molecule has 0 rings (SSSR count). The van der Waals surface area contributed by atoms with Crippen LogP contribution in [0.3, 0.4) is 0 Å². The predicted molar refractivity (Wildman–Crippen MR) is 231 cm³/mol. The van der Waals surface area contributed by atoms with Crippen molar-refractivity contribution in [1.29, 1.82) is 0 Å². The maximum Gasteiger partial charge on any atom is 0.330 e. The first kappa shape index (κ1) is 58.6. The van der Waals surface area contributed by atoms with E-state index in [1.54, 1.807) is 0 Å². The van der Waals surface area contributed by atoms with E-state index in [2.05, 4.69) is 39.5 Å². The summed E-state index contributed by atoms with van der Waals surface area (Å²) in [7, 11) is 0. The van der Waals surface area contributed by atoms with Crippen LogP contribution in [0.15, 0.2) is 75.9 Å². The Morgan fingerprint density at radius 2 is 0.523 bits per heavy atom. The highest BCUT2D eigenvalue weighted by Crippen LogP contribution is 2.27. The van der Waals surface area contributed by atoms with Gasteiger partial charge < -0.3 is 47.4 Å². The zero-order valence-electron chi connectivity index (χ0n) is 37.2. The lowest BCUT2D eigenvalue weighted by Crippen LogP contribution is -2.47. The van der Waals surface area contributed by atoms with Crippen LogP contribution < -0.4 is 0 Å². The molecule has 0 saturated carbocycles. The molecule has 0 heterocycles. The summed E-state index contributed by atoms with van der Waals surface area (Å²) in [5.41, 5.74) is -3.16. The van der Waals surface area contributed by atoms with Crippen LogP contribution in [-0.4, -0.2) is 126 Å². The molecule has 0 aliphatic rings. The Balaban J connectivity index is 6.40. The molecule has 0 atom stereocenters. The Kier molecular flexibility index (Phi) is 32.5. The van der Waals surface area contributed by atoms with E-state index in [0.29, 0.717) is 57.8 Å². The van der Waals surface area contributed by atoms with Gasteiger partial charge in [0.2, 0.25) is 0 Å². The lowest BCUT2D eigenvalue weighted by atomic mass is 9.90. The van der Waals surface area contributed by atoms with Gasteiger partial charge in [-0.15, -0.1) is 0 Å². The van der Waals surface area contributed by atoms with Crippen LogP contribution in [0.5, 0.6) is 0 Å². The second-order valence-electron chi connectivity index (χ2n) is 14.5. The summed E-state index contributed by atoms with van der Waals surface area (Å²) in [6.07, 6.45) is 9.62. The predicted octanol–water partition coefficient (Wildman–Crippen LogP) is 4.66. The van der Waals surface area contributed by atoms with Crippen LogP contribution in [-0.2, 0) is 90.5 Å². The van der Waals surface area contributed by atoms with Crippen LogP contribution in [0, 0.1) is 10.8 Å². The normalized spacial score (nSPS) is 10.7. The third-order valence-corrected chi connectivity index (χ3v) is 8.81. The molecule has 0 unspecified atom stereocenters. The maximum absolute atomic E-state index is 13.0. The van der Waals surface area contributed by atoms with Gasteiger partial charge in [0.05, 0.1) is 43.9 Å². The first-order valence-electron chi connectivity index (χ1n) is 20.9. The smallest absolute Gasteiger partial charge is 0.330 e. The highest BCUT2D eigenvalue weighted by Gasteiger charge is 2.40. The largest absolute Gasteiger partial charge is 0.465 e. The van der Waals surface area contributed by atoms with Gasteiger partial charge in [0, 0.05) is 55.7 Å². The molecule has 0 spiro atoms. The minimum Gasteiger partial charge on any atom is -0.465 e. The molecule has 19 heteroatoms. The molecule has 0 amide bonds. The Labute approximate surface area is 380 Å². The van der Waals surface area contributed by atoms with E-state index < -0.39 is 117 Å². The number of ether oxygens (including phenoxy) is 10. The molecule has 0 N–H and O–H groups in total. The van der Waals surface area contributed by atoms with Gasteiger partial charge in [0.25, 0.3) is 0 Å². The van der Waals surface area contributed by atoms with E-state index in [1.807, 2.05) is 0 Å². The van der Waals surface area contributed by atoms with Crippen LogP contribution in [0.1, 0.15) is 77.0 Å². The number of hydrogen-bond acceptors (Lipinski definition) is 19. The van der Waals surface area contributed by atoms with Gasteiger partial charge in [-0.25, -0.2) is 28.8 Å². The van der Waals surface area contributed by atoms with Crippen molar-refractivity contribution >= 4 is 53.7 Å². The van der Waals surface area contributed by atoms with E-state index in [0.717, 1.165) is 36.5 Å². The van der Waals surface area contributed by atoms with Gasteiger partial charge in [-0.1, -0.05) is 39.5 Å². The number of carbonyl (C=O) groups excluding carboxylic acids is 9. The Hall–Kier alpha value is -6.37. The monoisotopic (exact) mass is 920 g/mol. The summed E-state index contributed by atoms with van der Waals surface area (Å²) in [5, 5.41) is 0. The molecule has 0 aromatic rings. The number of hydrogen-bond donors (Lipinski definition) is 0. The lowest BCUT2D eigenvalue weighted by molar-refractivity contribution is -0.173. The standard InChI is InChI=1S/C46H64O19/c1-7-36(47)57-25-19-13-16-22-42(53)63-33-45(30-60-39(50)10-4,31-61-40(51)11-5)28-56-29-46(32-62-41(52)12-6,34-64-43(54)23-17-14-20-26-58-37(48)8-2)35-65-44(55)24-18-15-21-27-59-38(49)9-3/h7-12H,1-6,13-35H2. The van der Waals surface area contributed by atoms with Crippen LogP contribution >= 0.6 is 0 Å². The van der Waals surface area contributed by atoms with Gasteiger partial charge >= 0.3 is 53.7 Å². The van der Waals surface area contributed by atoms with E-state index >= 15 is 0 Å². The van der Waals surface area contributed by atoms with Gasteiger partial charge in [-0.05, 0) is 57.8 Å². The summed E-state index contributed by atoms with van der Waals surface area (Å²) in [6, 6.07) is 0. The number of rotatable bonds is 40. The fourth-order valence-electron chi connectivity index (χ4n) is 5.09. The highest BCUT2D eigenvalue weighted by molar-refractivity contribution is 5.83. The number of esters is 9. The second kappa shape index (κ2) is 36.0. The zero-order chi connectivity index (χ0) is 48.8.